The highest BCUT2D eigenvalue weighted by molar-refractivity contribution is 7.09. The number of halogens is 1. The quantitative estimate of drug-likeness (QED) is 0.838. The van der Waals surface area contributed by atoms with E-state index in [0.29, 0.717) is 12.6 Å². The van der Waals surface area contributed by atoms with Crippen LogP contribution in [0.5, 0.6) is 0 Å². The van der Waals surface area contributed by atoms with Gasteiger partial charge in [0.05, 0.1) is 6.54 Å². The number of thiophene rings is 1. The zero-order chi connectivity index (χ0) is 15.4. The Bertz CT molecular complexity index is 608. The van der Waals surface area contributed by atoms with Crippen LogP contribution in [0, 0.1) is 0 Å². The summed E-state index contributed by atoms with van der Waals surface area (Å²) in [4.78, 5) is 15.6. The molecule has 1 heterocycles. The van der Waals surface area contributed by atoms with E-state index >= 15 is 0 Å². The van der Waals surface area contributed by atoms with Crippen LogP contribution in [0.1, 0.15) is 23.3 Å². The molecular weight excluding hydrogens is 316 g/mol. The van der Waals surface area contributed by atoms with Crippen molar-refractivity contribution in [2.24, 2.45) is 0 Å². The van der Waals surface area contributed by atoms with Crippen LogP contribution in [0.3, 0.4) is 0 Å². The van der Waals surface area contributed by atoms with Crippen molar-refractivity contribution in [2.75, 3.05) is 6.54 Å². The lowest BCUT2D eigenvalue weighted by atomic mass is 10.1. The van der Waals surface area contributed by atoms with Crippen LogP contribution in [-0.2, 0) is 13.0 Å². The molecule has 3 rings (SSSR count). The molecule has 116 valence electrons. The fourth-order valence-electron chi connectivity index (χ4n) is 2.39. The molecule has 0 radical (unpaired) electrons. The number of nitrogens with zero attached hydrogens (tertiary/aromatic N) is 1. The van der Waals surface area contributed by atoms with E-state index < -0.39 is 0 Å². The van der Waals surface area contributed by atoms with E-state index in [1.807, 2.05) is 35.2 Å². The molecule has 1 aliphatic rings. The Hall–Kier alpha value is -1.52. The molecule has 0 atom stereocenters. The largest absolute Gasteiger partial charge is 0.338 e. The summed E-state index contributed by atoms with van der Waals surface area (Å²) in [6.07, 6.45) is 3.06. The number of carbonyl (C=O) groups excluding carboxylic acids is 1. The van der Waals surface area contributed by atoms with E-state index in [0.717, 1.165) is 30.8 Å². The molecule has 2 amide bonds. The summed E-state index contributed by atoms with van der Waals surface area (Å²) in [7, 11) is 0. The van der Waals surface area contributed by atoms with Crippen molar-refractivity contribution in [3.63, 3.8) is 0 Å². The average Bonchev–Trinajstić information content (AvgIpc) is 3.23. The molecule has 3 nitrogen and oxygen atoms in total. The smallest absolute Gasteiger partial charge is 0.317 e. The van der Waals surface area contributed by atoms with Gasteiger partial charge in [0.1, 0.15) is 0 Å². The second kappa shape index (κ2) is 7.16. The summed E-state index contributed by atoms with van der Waals surface area (Å²) in [6, 6.07) is 12.3. The minimum Gasteiger partial charge on any atom is -0.338 e. The molecule has 0 saturated heterocycles. The Morgan fingerprint density at radius 1 is 1.27 bits per heavy atom. The van der Waals surface area contributed by atoms with Gasteiger partial charge in [0, 0.05) is 22.5 Å². The number of urea groups is 1. The van der Waals surface area contributed by atoms with Crippen LogP contribution in [0.2, 0.25) is 5.02 Å². The minimum atomic E-state index is 0.0462. The lowest BCUT2D eigenvalue weighted by Gasteiger charge is -2.22. The predicted octanol–water partition coefficient (Wildman–Crippen LogP) is 4.32. The molecule has 1 N–H and O–H groups in total. The molecule has 1 fully saturated rings. The summed E-state index contributed by atoms with van der Waals surface area (Å²) in [5.41, 5.74) is 1.18. The Morgan fingerprint density at radius 2 is 2.05 bits per heavy atom. The van der Waals surface area contributed by atoms with Gasteiger partial charge in [0.15, 0.2) is 0 Å². The molecule has 1 aliphatic carbocycles. The fourth-order valence-corrected chi connectivity index (χ4v) is 3.22. The Labute approximate surface area is 139 Å². The zero-order valence-electron chi connectivity index (χ0n) is 12.3. The number of rotatable bonds is 6. The summed E-state index contributed by atoms with van der Waals surface area (Å²) in [6.45, 7) is 1.36. The molecule has 1 aromatic carbocycles. The number of hydrogen-bond acceptors (Lipinski definition) is 2. The summed E-state index contributed by atoms with van der Waals surface area (Å²) < 4.78 is 0. The van der Waals surface area contributed by atoms with Crippen LogP contribution < -0.4 is 5.32 Å². The van der Waals surface area contributed by atoms with Crippen molar-refractivity contribution in [1.29, 1.82) is 0 Å². The van der Waals surface area contributed by atoms with Crippen LogP contribution in [0.25, 0.3) is 0 Å². The molecule has 0 aliphatic heterocycles. The normalized spacial score (nSPS) is 13.9. The number of benzene rings is 1. The SMILES string of the molecule is O=C(NCCc1ccc(Cl)cc1)N(Cc1cccs1)C1CC1. The first kappa shape index (κ1) is 15.4. The molecular formula is C17H19ClN2OS. The zero-order valence-corrected chi connectivity index (χ0v) is 13.9. The highest BCUT2D eigenvalue weighted by Crippen LogP contribution is 2.29. The number of hydrogen-bond donors (Lipinski definition) is 1. The molecule has 1 aromatic heterocycles. The van der Waals surface area contributed by atoms with E-state index in [1.54, 1.807) is 11.3 Å². The minimum absolute atomic E-state index is 0.0462. The molecule has 0 bridgehead atoms. The van der Waals surface area contributed by atoms with E-state index in [4.69, 9.17) is 11.6 Å². The maximum atomic E-state index is 12.4. The van der Waals surface area contributed by atoms with Crippen molar-refractivity contribution >= 4 is 29.0 Å². The third kappa shape index (κ3) is 4.24. The lowest BCUT2D eigenvalue weighted by molar-refractivity contribution is 0.192. The molecule has 1 saturated carbocycles. The van der Waals surface area contributed by atoms with Gasteiger partial charge in [0.2, 0.25) is 0 Å². The maximum absolute atomic E-state index is 12.4. The van der Waals surface area contributed by atoms with Crippen molar-refractivity contribution in [1.82, 2.24) is 10.2 Å². The van der Waals surface area contributed by atoms with Crippen LogP contribution in [-0.4, -0.2) is 23.5 Å². The average molecular weight is 335 g/mol. The van der Waals surface area contributed by atoms with Gasteiger partial charge >= 0.3 is 6.03 Å². The van der Waals surface area contributed by atoms with E-state index in [9.17, 15) is 4.79 Å². The van der Waals surface area contributed by atoms with E-state index in [1.165, 1.54) is 10.4 Å². The van der Waals surface area contributed by atoms with Crippen LogP contribution in [0.15, 0.2) is 41.8 Å². The van der Waals surface area contributed by atoms with Gasteiger partial charge < -0.3 is 10.2 Å². The maximum Gasteiger partial charge on any atom is 0.317 e. The van der Waals surface area contributed by atoms with Crippen LogP contribution in [0.4, 0.5) is 4.79 Å². The predicted molar refractivity (Wildman–Crippen MR) is 91.4 cm³/mol. The first-order valence-corrected chi connectivity index (χ1v) is 8.79. The topological polar surface area (TPSA) is 32.3 Å². The fraction of sp³-hybridized carbons (Fsp3) is 0.353. The van der Waals surface area contributed by atoms with Gasteiger partial charge in [0.25, 0.3) is 0 Å². The highest BCUT2D eigenvalue weighted by Gasteiger charge is 2.32. The second-order valence-electron chi connectivity index (χ2n) is 5.55. The van der Waals surface area contributed by atoms with Gasteiger partial charge in [-0.1, -0.05) is 29.8 Å². The molecule has 0 unspecified atom stereocenters. The van der Waals surface area contributed by atoms with Crippen molar-refractivity contribution in [3.8, 4) is 0 Å². The van der Waals surface area contributed by atoms with Gasteiger partial charge in [-0.3, -0.25) is 0 Å². The third-order valence-corrected chi connectivity index (χ3v) is 4.87. The number of amides is 2. The van der Waals surface area contributed by atoms with Gasteiger partial charge in [-0.15, -0.1) is 11.3 Å². The van der Waals surface area contributed by atoms with Crippen molar-refractivity contribution in [2.45, 2.75) is 31.8 Å². The Kier molecular flexibility index (Phi) is 5.01. The van der Waals surface area contributed by atoms with Gasteiger partial charge in [-0.05, 0) is 48.4 Å². The van der Waals surface area contributed by atoms with Crippen molar-refractivity contribution < 1.29 is 4.79 Å². The van der Waals surface area contributed by atoms with Crippen molar-refractivity contribution in [3.05, 3.63) is 57.2 Å². The Morgan fingerprint density at radius 3 is 2.68 bits per heavy atom. The summed E-state index contributed by atoms with van der Waals surface area (Å²) in [5, 5.41) is 5.83. The summed E-state index contributed by atoms with van der Waals surface area (Å²) >= 11 is 7.57. The number of carbonyl (C=O) groups is 1. The second-order valence-corrected chi connectivity index (χ2v) is 7.02. The lowest BCUT2D eigenvalue weighted by Crippen LogP contribution is -2.41. The molecule has 2 aromatic rings. The first-order chi connectivity index (χ1) is 10.7. The monoisotopic (exact) mass is 334 g/mol. The summed E-state index contributed by atoms with van der Waals surface area (Å²) in [5.74, 6) is 0. The Balaban J connectivity index is 1.50. The van der Waals surface area contributed by atoms with Gasteiger partial charge in [-0.25, -0.2) is 4.79 Å². The standard InChI is InChI=1S/C17H19ClN2OS/c18-14-5-3-13(4-6-14)9-10-19-17(21)20(15-7-8-15)12-16-2-1-11-22-16/h1-6,11,15H,7-10,12H2,(H,19,21). The van der Waals surface area contributed by atoms with Crippen LogP contribution >= 0.6 is 22.9 Å². The van der Waals surface area contributed by atoms with E-state index in [2.05, 4.69) is 16.8 Å². The molecule has 5 heteroatoms. The molecule has 22 heavy (non-hydrogen) atoms. The number of nitrogens with one attached hydrogen (secondary N) is 1. The molecule has 0 spiro atoms. The first-order valence-electron chi connectivity index (χ1n) is 7.53. The van der Waals surface area contributed by atoms with E-state index in [-0.39, 0.29) is 6.03 Å². The van der Waals surface area contributed by atoms with Gasteiger partial charge in [-0.2, -0.15) is 0 Å². The third-order valence-electron chi connectivity index (χ3n) is 3.76. The highest BCUT2D eigenvalue weighted by atomic mass is 35.5.